The van der Waals surface area contributed by atoms with Crippen LogP contribution in [-0.2, 0) is 4.79 Å². The number of benzene rings is 1. The summed E-state index contributed by atoms with van der Waals surface area (Å²) in [5.74, 6) is 0.511. The van der Waals surface area contributed by atoms with Crippen molar-refractivity contribution >= 4 is 34.8 Å². The molecule has 1 saturated heterocycles. The minimum Gasteiger partial charge on any atom is -0.322 e. The van der Waals surface area contributed by atoms with Crippen molar-refractivity contribution in [3.8, 4) is 0 Å². The van der Waals surface area contributed by atoms with Crippen LogP contribution >= 0.6 is 23.2 Å². The summed E-state index contributed by atoms with van der Waals surface area (Å²) in [6.07, 6.45) is 2.43. The first-order valence-corrected chi connectivity index (χ1v) is 7.95. The van der Waals surface area contributed by atoms with Gasteiger partial charge in [0.05, 0.1) is 22.3 Å². The Balaban J connectivity index is 1.83. The Bertz CT molecular complexity index is 470. The minimum atomic E-state index is -0.101. The van der Waals surface area contributed by atoms with E-state index in [1.165, 1.54) is 12.8 Å². The fraction of sp³-hybridized carbons (Fsp3) is 0.533. The van der Waals surface area contributed by atoms with Gasteiger partial charge in [-0.2, -0.15) is 0 Å². The van der Waals surface area contributed by atoms with Crippen molar-refractivity contribution in [2.45, 2.75) is 12.8 Å². The molecule has 1 heterocycles. The van der Waals surface area contributed by atoms with Gasteiger partial charge in [0.25, 0.3) is 0 Å². The molecule has 1 fully saturated rings. The molecular weight excluding hydrogens is 309 g/mol. The highest BCUT2D eigenvalue weighted by atomic mass is 35.5. The Morgan fingerprint density at radius 3 is 2.76 bits per heavy atom. The van der Waals surface area contributed by atoms with Gasteiger partial charge in [0.15, 0.2) is 0 Å². The first kappa shape index (κ1) is 16.6. The molecule has 21 heavy (non-hydrogen) atoms. The minimum absolute atomic E-state index is 0.101. The van der Waals surface area contributed by atoms with Crippen LogP contribution in [0.3, 0.4) is 0 Å². The topological polar surface area (TPSA) is 44.4 Å². The van der Waals surface area contributed by atoms with Crippen LogP contribution in [0.2, 0.25) is 10.0 Å². The van der Waals surface area contributed by atoms with Crippen LogP contribution in [-0.4, -0.2) is 44.0 Å². The highest BCUT2D eigenvalue weighted by molar-refractivity contribution is 6.39. The molecule has 0 aromatic heterocycles. The molecule has 0 bridgehead atoms. The number of halogens is 2. The van der Waals surface area contributed by atoms with Gasteiger partial charge in [-0.05, 0) is 51.0 Å². The number of piperidine rings is 1. The molecule has 2 rings (SSSR count). The summed E-state index contributed by atoms with van der Waals surface area (Å²) in [6.45, 7) is 3.38. The van der Waals surface area contributed by atoms with Crippen molar-refractivity contribution in [2.75, 3.05) is 38.5 Å². The fourth-order valence-electron chi connectivity index (χ4n) is 2.63. The molecule has 116 valence electrons. The number of anilines is 1. The van der Waals surface area contributed by atoms with Crippen molar-refractivity contribution in [1.82, 2.24) is 10.2 Å². The molecule has 1 aliphatic rings. The molecule has 0 radical (unpaired) electrons. The largest absolute Gasteiger partial charge is 0.322 e. The van der Waals surface area contributed by atoms with Crippen LogP contribution in [0.4, 0.5) is 5.69 Å². The zero-order valence-electron chi connectivity index (χ0n) is 12.2. The molecule has 1 unspecified atom stereocenters. The number of amides is 1. The van der Waals surface area contributed by atoms with Crippen molar-refractivity contribution < 1.29 is 4.79 Å². The number of carbonyl (C=O) groups excluding carboxylic acids is 1. The third-order valence-electron chi connectivity index (χ3n) is 3.61. The monoisotopic (exact) mass is 329 g/mol. The average Bonchev–Trinajstić information content (AvgIpc) is 2.44. The lowest BCUT2D eigenvalue weighted by atomic mass is 9.99. The fourth-order valence-corrected chi connectivity index (χ4v) is 3.12. The van der Waals surface area contributed by atoms with Crippen LogP contribution < -0.4 is 10.6 Å². The summed E-state index contributed by atoms with van der Waals surface area (Å²) < 4.78 is 0. The summed E-state index contributed by atoms with van der Waals surface area (Å²) in [5, 5.41) is 7.08. The van der Waals surface area contributed by atoms with Gasteiger partial charge >= 0.3 is 0 Å². The maximum absolute atomic E-state index is 12.1. The van der Waals surface area contributed by atoms with E-state index < -0.39 is 0 Å². The first-order valence-electron chi connectivity index (χ1n) is 7.19. The lowest BCUT2D eigenvalue weighted by Gasteiger charge is -2.27. The van der Waals surface area contributed by atoms with Gasteiger partial charge in [-0.15, -0.1) is 0 Å². The number of likely N-dealkylation sites (N-methyl/N-ethyl adjacent to an activating group) is 1. The van der Waals surface area contributed by atoms with E-state index in [0.29, 0.717) is 28.2 Å². The second-order valence-electron chi connectivity index (χ2n) is 5.55. The molecule has 1 aromatic carbocycles. The predicted octanol–water partition coefficient (Wildman–Crippen LogP) is 2.86. The molecule has 2 N–H and O–H groups in total. The molecular formula is C15H21Cl2N3O. The van der Waals surface area contributed by atoms with Crippen molar-refractivity contribution in [3.05, 3.63) is 28.2 Å². The smallest absolute Gasteiger partial charge is 0.238 e. The Labute approximate surface area is 135 Å². The number of para-hydroxylation sites is 1. The quantitative estimate of drug-likeness (QED) is 0.873. The predicted molar refractivity (Wildman–Crippen MR) is 88.2 cm³/mol. The molecule has 1 aliphatic heterocycles. The Hall–Kier alpha value is -0.810. The summed E-state index contributed by atoms with van der Waals surface area (Å²) in [5.41, 5.74) is 0.485. The van der Waals surface area contributed by atoms with Crippen LogP contribution in [0.1, 0.15) is 12.8 Å². The molecule has 1 atom stereocenters. The summed E-state index contributed by atoms with van der Waals surface area (Å²) in [4.78, 5) is 14.1. The molecule has 1 aromatic rings. The Morgan fingerprint density at radius 1 is 1.43 bits per heavy atom. The van der Waals surface area contributed by atoms with E-state index in [-0.39, 0.29) is 5.91 Å². The SMILES string of the molecule is CN(CC(=O)Nc1c(Cl)cccc1Cl)CC1CCCNC1. The van der Waals surface area contributed by atoms with Crippen LogP contribution in [0.25, 0.3) is 0 Å². The van der Waals surface area contributed by atoms with Gasteiger partial charge in [0.1, 0.15) is 0 Å². The van der Waals surface area contributed by atoms with Gasteiger partial charge in [-0.25, -0.2) is 0 Å². The highest BCUT2D eigenvalue weighted by Crippen LogP contribution is 2.29. The van der Waals surface area contributed by atoms with Crippen molar-refractivity contribution in [1.29, 1.82) is 0 Å². The lowest BCUT2D eigenvalue weighted by Crippen LogP contribution is -2.39. The Morgan fingerprint density at radius 2 is 2.14 bits per heavy atom. The number of nitrogens with zero attached hydrogens (tertiary/aromatic N) is 1. The molecule has 4 nitrogen and oxygen atoms in total. The second kappa shape index (κ2) is 7.99. The van der Waals surface area contributed by atoms with Crippen LogP contribution in [0.5, 0.6) is 0 Å². The van der Waals surface area contributed by atoms with E-state index in [0.717, 1.165) is 19.6 Å². The van der Waals surface area contributed by atoms with Gasteiger partial charge in [-0.3, -0.25) is 9.69 Å². The molecule has 0 saturated carbocycles. The van der Waals surface area contributed by atoms with E-state index in [1.807, 2.05) is 11.9 Å². The average molecular weight is 330 g/mol. The van der Waals surface area contributed by atoms with Gasteiger partial charge in [0, 0.05) is 6.54 Å². The van der Waals surface area contributed by atoms with E-state index in [4.69, 9.17) is 23.2 Å². The Kier molecular flexibility index (Phi) is 6.30. The number of carbonyl (C=O) groups is 1. The number of hydrogen-bond acceptors (Lipinski definition) is 3. The second-order valence-corrected chi connectivity index (χ2v) is 6.37. The van der Waals surface area contributed by atoms with Gasteiger partial charge in [-0.1, -0.05) is 29.3 Å². The lowest BCUT2D eigenvalue weighted by molar-refractivity contribution is -0.117. The van der Waals surface area contributed by atoms with Gasteiger partial charge in [0.2, 0.25) is 5.91 Å². The molecule has 0 spiro atoms. The van der Waals surface area contributed by atoms with Gasteiger partial charge < -0.3 is 10.6 Å². The first-order chi connectivity index (χ1) is 10.1. The maximum atomic E-state index is 12.1. The normalized spacial score (nSPS) is 18.8. The maximum Gasteiger partial charge on any atom is 0.238 e. The van der Waals surface area contributed by atoms with E-state index >= 15 is 0 Å². The summed E-state index contributed by atoms with van der Waals surface area (Å²) in [6, 6.07) is 5.17. The summed E-state index contributed by atoms with van der Waals surface area (Å²) >= 11 is 12.1. The third kappa shape index (κ3) is 5.15. The third-order valence-corrected chi connectivity index (χ3v) is 4.24. The van der Waals surface area contributed by atoms with Crippen molar-refractivity contribution in [2.24, 2.45) is 5.92 Å². The number of rotatable bonds is 5. The molecule has 0 aliphatic carbocycles. The van der Waals surface area contributed by atoms with Crippen LogP contribution in [0, 0.1) is 5.92 Å². The molecule has 1 amide bonds. The summed E-state index contributed by atoms with van der Waals surface area (Å²) in [7, 11) is 1.96. The number of hydrogen-bond donors (Lipinski definition) is 2. The van der Waals surface area contributed by atoms with Crippen molar-refractivity contribution in [3.63, 3.8) is 0 Å². The standard InChI is InChI=1S/C15H21Cl2N3O/c1-20(9-11-4-3-7-18-8-11)10-14(21)19-15-12(16)5-2-6-13(15)17/h2,5-6,11,18H,3-4,7-10H2,1H3,(H,19,21). The van der Waals surface area contributed by atoms with Crippen LogP contribution in [0.15, 0.2) is 18.2 Å². The zero-order chi connectivity index (χ0) is 15.2. The van der Waals surface area contributed by atoms with E-state index in [1.54, 1.807) is 18.2 Å². The van der Waals surface area contributed by atoms with E-state index in [2.05, 4.69) is 10.6 Å². The number of nitrogens with one attached hydrogen (secondary N) is 2. The van der Waals surface area contributed by atoms with E-state index in [9.17, 15) is 4.79 Å². The zero-order valence-corrected chi connectivity index (χ0v) is 13.7. The highest BCUT2D eigenvalue weighted by Gasteiger charge is 2.17. The molecule has 6 heteroatoms.